The molecule has 3 aromatic rings. The van der Waals surface area contributed by atoms with Crippen LogP contribution in [-0.4, -0.2) is 25.5 Å². The molecule has 5 heteroatoms. The summed E-state index contributed by atoms with van der Waals surface area (Å²) in [6, 6.07) is 22.8. The second-order valence-corrected chi connectivity index (χ2v) is 7.16. The van der Waals surface area contributed by atoms with E-state index in [-0.39, 0.29) is 24.4 Å². The molecule has 0 spiro atoms. The van der Waals surface area contributed by atoms with Crippen LogP contribution < -0.4 is 15.4 Å². The van der Waals surface area contributed by atoms with E-state index < -0.39 is 0 Å². The van der Waals surface area contributed by atoms with Crippen molar-refractivity contribution in [1.82, 2.24) is 10.6 Å². The molecule has 3 rings (SSSR count). The molecule has 3 aromatic carbocycles. The van der Waals surface area contributed by atoms with Crippen LogP contribution in [0.15, 0.2) is 72.8 Å². The van der Waals surface area contributed by atoms with Gasteiger partial charge in [-0.1, -0.05) is 60.2 Å². The Hall–Kier alpha value is -3.60. The van der Waals surface area contributed by atoms with Crippen molar-refractivity contribution < 1.29 is 14.3 Å². The van der Waals surface area contributed by atoms with Gasteiger partial charge in [0.25, 0.3) is 5.91 Å². The molecule has 0 aliphatic rings. The topological polar surface area (TPSA) is 67.4 Å². The lowest BCUT2D eigenvalue weighted by Crippen LogP contribution is -2.38. The standard InChI is InChI=1S/C25H26N2O3/c1-17-9-14-23(30-3)22(15-17)18(2)27-24(28)16-26-25(29)21-12-10-20(11-13-21)19-7-5-4-6-8-19/h4-15,18H,16H2,1-3H3,(H,26,29)(H,27,28). The number of hydrogen-bond acceptors (Lipinski definition) is 3. The van der Waals surface area contributed by atoms with Crippen LogP contribution >= 0.6 is 0 Å². The summed E-state index contributed by atoms with van der Waals surface area (Å²) in [5.41, 5.74) is 4.61. The van der Waals surface area contributed by atoms with Gasteiger partial charge in [-0.15, -0.1) is 0 Å². The number of aryl methyl sites for hydroxylation is 1. The second-order valence-electron chi connectivity index (χ2n) is 7.16. The summed E-state index contributed by atoms with van der Waals surface area (Å²) in [6.45, 7) is 3.78. The van der Waals surface area contributed by atoms with Gasteiger partial charge < -0.3 is 15.4 Å². The third-order valence-corrected chi connectivity index (χ3v) is 4.89. The molecule has 1 unspecified atom stereocenters. The molecule has 2 amide bonds. The van der Waals surface area contributed by atoms with E-state index in [4.69, 9.17) is 4.74 Å². The molecule has 0 saturated heterocycles. The summed E-state index contributed by atoms with van der Waals surface area (Å²) in [6.07, 6.45) is 0. The summed E-state index contributed by atoms with van der Waals surface area (Å²) in [5, 5.41) is 5.57. The smallest absolute Gasteiger partial charge is 0.251 e. The Balaban J connectivity index is 1.55. The first-order valence-corrected chi connectivity index (χ1v) is 9.85. The Kier molecular flexibility index (Phi) is 6.86. The largest absolute Gasteiger partial charge is 0.496 e. The van der Waals surface area contributed by atoms with Crippen molar-refractivity contribution in [2.24, 2.45) is 0 Å². The molecular weight excluding hydrogens is 376 g/mol. The molecular formula is C25H26N2O3. The summed E-state index contributed by atoms with van der Waals surface area (Å²) in [4.78, 5) is 24.7. The maximum Gasteiger partial charge on any atom is 0.251 e. The summed E-state index contributed by atoms with van der Waals surface area (Å²) < 4.78 is 5.38. The second kappa shape index (κ2) is 9.74. The third kappa shape index (κ3) is 5.26. The van der Waals surface area contributed by atoms with E-state index in [1.165, 1.54) is 0 Å². The van der Waals surface area contributed by atoms with Gasteiger partial charge >= 0.3 is 0 Å². The van der Waals surface area contributed by atoms with E-state index in [0.29, 0.717) is 5.56 Å². The molecule has 0 radical (unpaired) electrons. The van der Waals surface area contributed by atoms with Crippen molar-refractivity contribution in [1.29, 1.82) is 0 Å². The molecule has 0 heterocycles. The van der Waals surface area contributed by atoms with E-state index in [9.17, 15) is 9.59 Å². The highest BCUT2D eigenvalue weighted by Gasteiger charge is 2.15. The van der Waals surface area contributed by atoms with Gasteiger partial charge in [0.15, 0.2) is 0 Å². The Morgan fingerprint density at radius 1 is 0.933 bits per heavy atom. The Bertz CT molecular complexity index is 1010. The van der Waals surface area contributed by atoms with Crippen LogP contribution in [0.1, 0.15) is 34.5 Å². The van der Waals surface area contributed by atoms with E-state index in [1.807, 2.05) is 74.5 Å². The van der Waals surface area contributed by atoms with Gasteiger partial charge in [0.1, 0.15) is 5.75 Å². The van der Waals surface area contributed by atoms with Gasteiger partial charge in [-0.2, -0.15) is 0 Å². The van der Waals surface area contributed by atoms with Crippen molar-refractivity contribution >= 4 is 11.8 Å². The van der Waals surface area contributed by atoms with Gasteiger partial charge in [0.05, 0.1) is 19.7 Å². The predicted molar refractivity (Wildman–Crippen MR) is 118 cm³/mol. The zero-order valence-electron chi connectivity index (χ0n) is 17.4. The number of methoxy groups -OCH3 is 1. The number of ether oxygens (including phenoxy) is 1. The minimum absolute atomic E-state index is 0.0995. The third-order valence-electron chi connectivity index (χ3n) is 4.89. The van der Waals surface area contributed by atoms with Crippen molar-refractivity contribution in [3.05, 3.63) is 89.5 Å². The van der Waals surface area contributed by atoms with Crippen LogP contribution in [0.3, 0.4) is 0 Å². The molecule has 0 aliphatic heterocycles. The van der Waals surface area contributed by atoms with Gasteiger partial charge in [0, 0.05) is 11.1 Å². The molecule has 0 fully saturated rings. The van der Waals surface area contributed by atoms with Crippen LogP contribution in [0.5, 0.6) is 5.75 Å². The molecule has 30 heavy (non-hydrogen) atoms. The van der Waals surface area contributed by atoms with Gasteiger partial charge in [-0.25, -0.2) is 0 Å². The van der Waals surface area contributed by atoms with E-state index in [1.54, 1.807) is 19.2 Å². The zero-order chi connectivity index (χ0) is 21.5. The van der Waals surface area contributed by atoms with Crippen LogP contribution in [0.4, 0.5) is 0 Å². The van der Waals surface area contributed by atoms with Gasteiger partial charge in [-0.05, 0) is 43.2 Å². The average molecular weight is 402 g/mol. The minimum Gasteiger partial charge on any atom is -0.496 e. The number of carbonyl (C=O) groups is 2. The fourth-order valence-corrected chi connectivity index (χ4v) is 3.27. The fraction of sp³-hybridized carbons (Fsp3) is 0.200. The highest BCUT2D eigenvalue weighted by Crippen LogP contribution is 2.26. The lowest BCUT2D eigenvalue weighted by Gasteiger charge is -2.18. The first-order valence-electron chi connectivity index (χ1n) is 9.85. The molecule has 1 atom stereocenters. The molecule has 0 aliphatic carbocycles. The number of hydrogen-bond donors (Lipinski definition) is 2. The van der Waals surface area contributed by atoms with Crippen molar-refractivity contribution in [3.8, 4) is 16.9 Å². The number of amides is 2. The number of carbonyl (C=O) groups excluding carboxylic acids is 2. The first kappa shape index (κ1) is 21.1. The maximum absolute atomic E-state index is 12.4. The molecule has 2 N–H and O–H groups in total. The highest BCUT2D eigenvalue weighted by atomic mass is 16.5. The number of benzene rings is 3. The monoisotopic (exact) mass is 402 g/mol. The van der Waals surface area contributed by atoms with Crippen molar-refractivity contribution in [2.75, 3.05) is 13.7 Å². The SMILES string of the molecule is COc1ccc(C)cc1C(C)NC(=O)CNC(=O)c1ccc(-c2ccccc2)cc1. The normalized spacial score (nSPS) is 11.4. The first-order chi connectivity index (χ1) is 14.5. The minimum atomic E-state index is -0.287. The highest BCUT2D eigenvalue weighted by molar-refractivity contribution is 5.96. The number of nitrogens with one attached hydrogen (secondary N) is 2. The van der Waals surface area contributed by atoms with Crippen LogP contribution in [0.2, 0.25) is 0 Å². The quantitative estimate of drug-likeness (QED) is 0.620. The molecule has 154 valence electrons. The molecule has 0 saturated carbocycles. The Morgan fingerprint density at radius 2 is 1.60 bits per heavy atom. The summed E-state index contributed by atoms with van der Waals surface area (Å²) in [5.74, 6) is 0.168. The lowest BCUT2D eigenvalue weighted by atomic mass is 10.0. The predicted octanol–water partition coefficient (Wildman–Crippen LogP) is 4.28. The summed E-state index contributed by atoms with van der Waals surface area (Å²) >= 11 is 0. The summed E-state index contributed by atoms with van der Waals surface area (Å²) in [7, 11) is 1.60. The molecule has 0 aromatic heterocycles. The Morgan fingerprint density at radius 3 is 2.27 bits per heavy atom. The van der Waals surface area contributed by atoms with Crippen molar-refractivity contribution in [3.63, 3.8) is 0 Å². The molecule has 5 nitrogen and oxygen atoms in total. The van der Waals surface area contributed by atoms with Gasteiger partial charge in [-0.3, -0.25) is 9.59 Å². The maximum atomic E-state index is 12.4. The van der Waals surface area contributed by atoms with Crippen LogP contribution in [-0.2, 0) is 4.79 Å². The average Bonchev–Trinajstić information content (AvgIpc) is 2.78. The van der Waals surface area contributed by atoms with Crippen molar-refractivity contribution in [2.45, 2.75) is 19.9 Å². The van der Waals surface area contributed by atoms with Crippen LogP contribution in [0, 0.1) is 6.92 Å². The fourth-order valence-electron chi connectivity index (χ4n) is 3.27. The van der Waals surface area contributed by atoms with E-state index in [0.717, 1.165) is 28.0 Å². The number of rotatable bonds is 7. The van der Waals surface area contributed by atoms with Crippen LogP contribution in [0.25, 0.3) is 11.1 Å². The Labute approximate surface area is 177 Å². The lowest BCUT2D eigenvalue weighted by molar-refractivity contribution is -0.120. The van der Waals surface area contributed by atoms with Gasteiger partial charge in [0.2, 0.25) is 5.91 Å². The van der Waals surface area contributed by atoms with E-state index >= 15 is 0 Å². The zero-order valence-corrected chi connectivity index (χ0v) is 17.4. The van der Waals surface area contributed by atoms with E-state index in [2.05, 4.69) is 10.6 Å². The molecule has 0 bridgehead atoms.